The number of carbonyl (C=O) groups excluding carboxylic acids is 1. The molecule has 2 N–H and O–H groups in total. The number of phenolic OH excluding ortho intramolecular Hbond substituents is 1. The molecule has 0 aliphatic carbocycles. The van der Waals surface area contributed by atoms with Crippen LogP contribution in [0.4, 0.5) is 11.4 Å². The van der Waals surface area contributed by atoms with Crippen molar-refractivity contribution in [3.05, 3.63) is 54.1 Å². The lowest BCUT2D eigenvalue weighted by Gasteiger charge is -2.25. The van der Waals surface area contributed by atoms with Gasteiger partial charge in [-0.05, 0) is 43.0 Å². The van der Waals surface area contributed by atoms with E-state index in [2.05, 4.69) is 16.3 Å². The summed E-state index contributed by atoms with van der Waals surface area (Å²) >= 11 is 0. The smallest absolute Gasteiger partial charge is 0.224 e. The van der Waals surface area contributed by atoms with Crippen molar-refractivity contribution < 1.29 is 9.90 Å². The van der Waals surface area contributed by atoms with E-state index >= 15 is 0 Å². The first-order valence-electron chi connectivity index (χ1n) is 9.15. The number of carbonyl (C=O) groups is 1. The Morgan fingerprint density at radius 2 is 1.64 bits per heavy atom. The van der Waals surface area contributed by atoms with Gasteiger partial charge in [0.2, 0.25) is 5.91 Å². The van der Waals surface area contributed by atoms with Crippen molar-refractivity contribution in [2.75, 3.05) is 23.3 Å². The summed E-state index contributed by atoms with van der Waals surface area (Å²) in [5.74, 6) is 0.228. The largest absolute Gasteiger partial charge is 0.508 e. The Hall–Kier alpha value is -2.49. The van der Waals surface area contributed by atoms with Gasteiger partial charge in [0.15, 0.2) is 0 Å². The van der Waals surface area contributed by atoms with Crippen molar-refractivity contribution in [2.45, 2.75) is 38.5 Å². The summed E-state index contributed by atoms with van der Waals surface area (Å²) in [5, 5.41) is 12.9. The summed E-state index contributed by atoms with van der Waals surface area (Å²) in [5.41, 5.74) is 2.80. The zero-order valence-corrected chi connectivity index (χ0v) is 14.6. The number of hydrogen-bond acceptors (Lipinski definition) is 3. The predicted octanol–water partition coefficient (Wildman–Crippen LogP) is 4.34. The number of para-hydroxylation sites is 3. The summed E-state index contributed by atoms with van der Waals surface area (Å²) in [4.78, 5) is 14.8. The second-order valence-corrected chi connectivity index (χ2v) is 6.60. The molecule has 1 fully saturated rings. The minimum atomic E-state index is -0.0227. The van der Waals surface area contributed by atoms with Gasteiger partial charge in [-0.15, -0.1) is 0 Å². The molecule has 25 heavy (non-hydrogen) atoms. The lowest BCUT2D eigenvalue weighted by molar-refractivity contribution is -0.116. The number of hydrogen-bond donors (Lipinski definition) is 2. The Bertz CT molecular complexity index is 707. The zero-order valence-electron chi connectivity index (χ0n) is 14.6. The quantitative estimate of drug-likeness (QED) is 0.852. The molecule has 2 aromatic rings. The van der Waals surface area contributed by atoms with Gasteiger partial charge in [-0.1, -0.05) is 43.2 Å². The molecular weight excluding hydrogens is 312 g/mol. The third kappa shape index (κ3) is 4.75. The van der Waals surface area contributed by atoms with E-state index in [1.807, 2.05) is 30.3 Å². The SMILES string of the molecule is O=C(CCc1ccccc1O)Nc1ccccc1N1CCCCCC1. The Labute approximate surface area is 149 Å². The molecule has 4 heteroatoms. The standard InChI is InChI=1S/C21H26N2O2/c24-20-12-6-3-9-17(20)13-14-21(25)22-18-10-4-5-11-19(18)23-15-7-1-2-8-16-23/h3-6,9-12,24H,1-2,7-8,13-16H2,(H,22,25). The van der Waals surface area contributed by atoms with Crippen molar-refractivity contribution in [2.24, 2.45) is 0 Å². The van der Waals surface area contributed by atoms with Crippen LogP contribution in [0.2, 0.25) is 0 Å². The second-order valence-electron chi connectivity index (χ2n) is 6.60. The van der Waals surface area contributed by atoms with E-state index in [-0.39, 0.29) is 11.7 Å². The minimum absolute atomic E-state index is 0.0227. The van der Waals surface area contributed by atoms with Gasteiger partial charge in [0.1, 0.15) is 5.75 Å². The molecule has 1 amide bonds. The molecule has 0 unspecified atom stereocenters. The number of benzene rings is 2. The highest BCUT2D eigenvalue weighted by Gasteiger charge is 2.15. The first-order valence-corrected chi connectivity index (χ1v) is 9.15. The number of nitrogens with one attached hydrogen (secondary N) is 1. The fourth-order valence-corrected chi connectivity index (χ4v) is 3.35. The molecule has 132 valence electrons. The molecule has 1 heterocycles. The zero-order chi connectivity index (χ0) is 17.5. The Morgan fingerprint density at radius 3 is 2.40 bits per heavy atom. The predicted molar refractivity (Wildman–Crippen MR) is 102 cm³/mol. The maximum absolute atomic E-state index is 12.4. The average Bonchev–Trinajstić information content (AvgIpc) is 2.91. The Balaban J connectivity index is 1.64. The molecule has 3 rings (SSSR count). The molecular formula is C21H26N2O2. The summed E-state index contributed by atoms with van der Waals surface area (Å²) in [6, 6.07) is 15.2. The van der Waals surface area contributed by atoms with Gasteiger partial charge in [0.25, 0.3) is 0 Å². The van der Waals surface area contributed by atoms with Crippen LogP contribution in [0.1, 0.15) is 37.7 Å². The van der Waals surface area contributed by atoms with Gasteiger partial charge in [-0.3, -0.25) is 4.79 Å². The third-order valence-electron chi connectivity index (χ3n) is 4.74. The molecule has 0 aromatic heterocycles. The van der Waals surface area contributed by atoms with Crippen LogP contribution in [0.15, 0.2) is 48.5 Å². The van der Waals surface area contributed by atoms with Crippen molar-refractivity contribution in [1.82, 2.24) is 0 Å². The van der Waals surface area contributed by atoms with E-state index in [0.29, 0.717) is 12.8 Å². The summed E-state index contributed by atoms with van der Waals surface area (Å²) < 4.78 is 0. The monoisotopic (exact) mass is 338 g/mol. The lowest BCUT2D eigenvalue weighted by atomic mass is 10.1. The number of phenols is 1. The van der Waals surface area contributed by atoms with Crippen LogP contribution in [0.25, 0.3) is 0 Å². The Kier molecular flexibility index (Phi) is 5.94. The number of rotatable bonds is 5. The normalized spacial score (nSPS) is 14.8. The number of aromatic hydroxyl groups is 1. The topological polar surface area (TPSA) is 52.6 Å². The maximum atomic E-state index is 12.4. The van der Waals surface area contributed by atoms with Crippen LogP contribution in [-0.4, -0.2) is 24.1 Å². The van der Waals surface area contributed by atoms with E-state index in [4.69, 9.17) is 0 Å². The van der Waals surface area contributed by atoms with Gasteiger partial charge in [-0.25, -0.2) is 0 Å². The maximum Gasteiger partial charge on any atom is 0.224 e. The molecule has 1 saturated heterocycles. The lowest BCUT2D eigenvalue weighted by Crippen LogP contribution is -2.25. The minimum Gasteiger partial charge on any atom is -0.508 e. The molecule has 1 aliphatic rings. The number of anilines is 2. The third-order valence-corrected chi connectivity index (χ3v) is 4.74. The van der Waals surface area contributed by atoms with Crippen LogP contribution in [-0.2, 0) is 11.2 Å². The number of amides is 1. The van der Waals surface area contributed by atoms with Crippen LogP contribution in [0.5, 0.6) is 5.75 Å². The van der Waals surface area contributed by atoms with Crippen LogP contribution < -0.4 is 10.2 Å². The second kappa shape index (κ2) is 8.56. The van der Waals surface area contributed by atoms with Crippen molar-refractivity contribution in [1.29, 1.82) is 0 Å². The Morgan fingerprint density at radius 1 is 0.960 bits per heavy atom. The average molecular weight is 338 g/mol. The van der Waals surface area contributed by atoms with Gasteiger partial charge in [0.05, 0.1) is 11.4 Å². The van der Waals surface area contributed by atoms with Crippen molar-refractivity contribution in [3.63, 3.8) is 0 Å². The first-order chi connectivity index (χ1) is 12.2. The van der Waals surface area contributed by atoms with E-state index < -0.39 is 0 Å². The summed E-state index contributed by atoms with van der Waals surface area (Å²) in [6.07, 6.45) is 5.86. The van der Waals surface area contributed by atoms with Gasteiger partial charge in [-0.2, -0.15) is 0 Å². The molecule has 0 radical (unpaired) electrons. The number of nitrogens with zero attached hydrogens (tertiary/aromatic N) is 1. The molecule has 0 bridgehead atoms. The summed E-state index contributed by atoms with van der Waals surface area (Å²) in [7, 11) is 0. The van der Waals surface area contributed by atoms with Crippen LogP contribution in [0.3, 0.4) is 0 Å². The summed E-state index contributed by atoms with van der Waals surface area (Å²) in [6.45, 7) is 2.09. The highest BCUT2D eigenvalue weighted by molar-refractivity contribution is 5.94. The number of aryl methyl sites for hydroxylation is 1. The van der Waals surface area contributed by atoms with Gasteiger partial charge in [0, 0.05) is 19.5 Å². The van der Waals surface area contributed by atoms with Crippen molar-refractivity contribution in [3.8, 4) is 5.75 Å². The van der Waals surface area contributed by atoms with Gasteiger partial charge >= 0.3 is 0 Å². The molecule has 0 spiro atoms. The fraction of sp³-hybridized carbons (Fsp3) is 0.381. The fourth-order valence-electron chi connectivity index (χ4n) is 3.35. The van der Waals surface area contributed by atoms with E-state index in [1.165, 1.54) is 25.7 Å². The van der Waals surface area contributed by atoms with Crippen molar-refractivity contribution >= 4 is 17.3 Å². The van der Waals surface area contributed by atoms with Crippen LogP contribution >= 0.6 is 0 Å². The molecule has 2 aromatic carbocycles. The van der Waals surface area contributed by atoms with Crippen LogP contribution in [0, 0.1) is 0 Å². The highest BCUT2D eigenvalue weighted by atomic mass is 16.3. The molecule has 4 nitrogen and oxygen atoms in total. The molecule has 1 aliphatic heterocycles. The van der Waals surface area contributed by atoms with E-state index in [0.717, 1.165) is 30.0 Å². The molecule has 0 saturated carbocycles. The highest BCUT2D eigenvalue weighted by Crippen LogP contribution is 2.28. The molecule has 0 atom stereocenters. The van der Waals surface area contributed by atoms with E-state index in [1.54, 1.807) is 12.1 Å². The van der Waals surface area contributed by atoms with Gasteiger partial charge < -0.3 is 15.3 Å². The van der Waals surface area contributed by atoms with E-state index in [9.17, 15) is 9.90 Å². The first kappa shape index (κ1) is 17.3.